The molecule has 3 aliphatic carbocycles. The molecule has 2 N–H and O–H groups in total. The number of rotatable bonds is 3. The van der Waals surface area contributed by atoms with Crippen LogP contribution in [0.2, 0.25) is 0 Å². The van der Waals surface area contributed by atoms with Crippen LogP contribution in [0.4, 0.5) is 0 Å². The Labute approximate surface area is 123 Å². The van der Waals surface area contributed by atoms with E-state index in [1.165, 1.54) is 25.0 Å². The van der Waals surface area contributed by atoms with Crippen molar-refractivity contribution in [2.75, 3.05) is 0 Å². The molecule has 1 aromatic heterocycles. The third kappa shape index (κ3) is 1.69. The molecule has 0 saturated heterocycles. The molecule has 2 bridgehead atoms. The molecule has 1 aromatic rings. The fourth-order valence-electron chi connectivity index (χ4n) is 5.23. The second kappa shape index (κ2) is 4.08. The lowest BCUT2D eigenvalue weighted by atomic mass is 9.95. The van der Waals surface area contributed by atoms with Gasteiger partial charge in [-0.15, -0.1) is 0 Å². The Morgan fingerprint density at radius 3 is 2.53 bits per heavy atom. The van der Waals surface area contributed by atoms with E-state index in [9.17, 15) is 0 Å². The summed E-state index contributed by atoms with van der Waals surface area (Å²) in [5.74, 6) is 4.78. The Morgan fingerprint density at radius 1 is 1.37 bits per heavy atom. The molecule has 0 radical (unpaired) electrons. The molecule has 3 nitrogen and oxygen atoms in total. The van der Waals surface area contributed by atoms with Crippen LogP contribution in [0.1, 0.15) is 30.7 Å². The fraction of sp³-hybridized carbons (Fsp3) is 0.800. The normalized spacial score (nSPS) is 40.5. The highest BCUT2D eigenvalue weighted by Gasteiger charge is 2.66. The van der Waals surface area contributed by atoms with Crippen molar-refractivity contribution in [1.82, 2.24) is 9.78 Å². The largest absolute Gasteiger partial charge is 0.327 e. The molecule has 4 heteroatoms. The van der Waals surface area contributed by atoms with E-state index < -0.39 is 0 Å². The number of hydrogen-bond acceptors (Lipinski definition) is 2. The van der Waals surface area contributed by atoms with Crippen LogP contribution in [0.5, 0.6) is 0 Å². The highest BCUT2D eigenvalue weighted by Crippen LogP contribution is 2.70. The first-order valence-electron chi connectivity index (χ1n) is 7.51. The molecule has 5 unspecified atom stereocenters. The zero-order chi connectivity index (χ0) is 13.3. The first-order chi connectivity index (χ1) is 9.08. The van der Waals surface area contributed by atoms with Crippen LogP contribution in [0.3, 0.4) is 0 Å². The second-order valence-corrected chi connectivity index (χ2v) is 7.70. The zero-order valence-corrected chi connectivity index (χ0v) is 13.2. The molecule has 5 atom stereocenters. The van der Waals surface area contributed by atoms with Gasteiger partial charge in [-0.05, 0) is 71.7 Å². The summed E-state index contributed by atoms with van der Waals surface area (Å²) < 4.78 is 3.14. The number of nitrogens with zero attached hydrogens (tertiary/aromatic N) is 2. The van der Waals surface area contributed by atoms with E-state index in [2.05, 4.69) is 21.0 Å². The van der Waals surface area contributed by atoms with Crippen LogP contribution in [0.25, 0.3) is 0 Å². The lowest BCUT2D eigenvalue weighted by Crippen LogP contribution is -2.29. The molecule has 3 aliphatic rings. The van der Waals surface area contributed by atoms with Gasteiger partial charge in [-0.3, -0.25) is 4.68 Å². The molecule has 0 aromatic carbocycles. The number of nitrogens with two attached hydrogens (primary N) is 1. The number of halogens is 1. The van der Waals surface area contributed by atoms with Gasteiger partial charge in [0.05, 0.1) is 15.9 Å². The van der Waals surface area contributed by atoms with Gasteiger partial charge >= 0.3 is 0 Å². The molecule has 1 heterocycles. The summed E-state index contributed by atoms with van der Waals surface area (Å²) >= 11 is 3.66. The van der Waals surface area contributed by atoms with Crippen LogP contribution in [0.15, 0.2) is 4.47 Å². The molecule has 3 fully saturated rings. The molecule has 19 heavy (non-hydrogen) atoms. The van der Waals surface area contributed by atoms with E-state index in [1.807, 2.05) is 18.7 Å². The summed E-state index contributed by atoms with van der Waals surface area (Å²) in [5.41, 5.74) is 8.87. The Balaban J connectivity index is 1.50. The van der Waals surface area contributed by atoms with Crippen molar-refractivity contribution in [3.63, 3.8) is 0 Å². The Kier molecular flexibility index (Phi) is 2.66. The molecule has 3 saturated carbocycles. The van der Waals surface area contributed by atoms with Crippen LogP contribution >= 0.6 is 15.9 Å². The minimum absolute atomic E-state index is 0.324. The van der Waals surface area contributed by atoms with E-state index in [0.717, 1.165) is 46.2 Å². The number of aromatic nitrogens is 2. The van der Waals surface area contributed by atoms with Gasteiger partial charge in [-0.25, -0.2) is 0 Å². The molecule has 0 spiro atoms. The smallest absolute Gasteiger partial charge is 0.0738 e. The highest BCUT2D eigenvalue weighted by molar-refractivity contribution is 9.10. The van der Waals surface area contributed by atoms with Gasteiger partial charge in [0.25, 0.3) is 0 Å². The van der Waals surface area contributed by atoms with E-state index >= 15 is 0 Å². The summed E-state index contributed by atoms with van der Waals surface area (Å²) in [6.07, 6.45) is 5.43. The SMILES string of the molecule is Cc1nn(C)c(CC(N)C2C3C4CCC(C4)C23)c1Br. The number of hydrogen-bond donors (Lipinski definition) is 1. The van der Waals surface area contributed by atoms with Gasteiger partial charge in [-0.2, -0.15) is 5.10 Å². The predicted octanol–water partition coefficient (Wildman–Crippen LogP) is 2.65. The lowest BCUT2D eigenvalue weighted by molar-refractivity contribution is 0.405. The Hall–Kier alpha value is -0.350. The number of fused-ring (bicyclic) bond motifs is 5. The molecule has 104 valence electrons. The minimum Gasteiger partial charge on any atom is -0.327 e. The Morgan fingerprint density at radius 2 is 2.00 bits per heavy atom. The Bertz CT molecular complexity index is 508. The molecular formula is C15H22BrN3. The van der Waals surface area contributed by atoms with Gasteiger partial charge in [0, 0.05) is 19.5 Å². The van der Waals surface area contributed by atoms with E-state index in [-0.39, 0.29) is 0 Å². The van der Waals surface area contributed by atoms with Crippen molar-refractivity contribution in [2.24, 2.45) is 42.4 Å². The van der Waals surface area contributed by atoms with Crippen LogP contribution in [0, 0.1) is 36.5 Å². The van der Waals surface area contributed by atoms with Gasteiger partial charge in [0.2, 0.25) is 0 Å². The van der Waals surface area contributed by atoms with Gasteiger partial charge in [0.15, 0.2) is 0 Å². The average Bonchev–Trinajstić information content (AvgIpc) is 2.70. The molecule has 4 rings (SSSR count). The predicted molar refractivity (Wildman–Crippen MR) is 78.6 cm³/mol. The average molecular weight is 324 g/mol. The molecular weight excluding hydrogens is 302 g/mol. The number of aryl methyl sites for hydroxylation is 2. The summed E-state index contributed by atoms with van der Waals surface area (Å²) in [5, 5.41) is 4.47. The summed E-state index contributed by atoms with van der Waals surface area (Å²) in [4.78, 5) is 0. The van der Waals surface area contributed by atoms with Crippen molar-refractivity contribution in [3.8, 4) is 0 Å². The lowest BCUT2D eigenvalue weighted by Gasteiger charge is -2.16. The topological polar surface area (TPSA) is 43.8 Å². The zero-order valence-electron chi connectivity index (χ0n) is 11.6. The van der Waals surface area contributed by atoms with Crippen molar-refractivity contribution in [3.05, 3.63) is 15.9 Å². The molecule has 0 aliphatic heterocycles. The van der Waals surface area contributed by atoms with Crippen molar-refractivity contribution < 1.29 is 0 Å². The van der Waals surface area contributed by atoms with E-state index in [4.69, 9.17) is 5.73 Å². The fourth-order valence-corrected chi connectivity index (χ4v) is 5.72. The first-order valence-corrected chi connectivity index (χ1v) is 8.30. The minimum atomic E-state index is 0.324. The van der Waals surface area contributed by atoms with Crippen molar-refractivity contribution in [2.45, 2.75) is 38.6 Å². The second-order valence-electron chi connectivity index (χ2n) is 6.90. The van der Waals surface area contributed by atoms with Gasteiger partial charge in [0.1, 0.15) is 0 Å². The van der Waals surface area contributed by atoms with Crippen LogP contribution in [-0.4, -0.2) is 15.8 Å². The quantitative estimate of drug-likeness (QED) is 0.929. The maximum atomic E-state index is 6.54. The monoisotopic (exact) mass is 323 g/mol. The maximum absolute atomic E-state index is 6.54. The van der Waals surface area contributed by atoms with Crippen LogP contribution < -0.4 is 5.73 Å². The van der Waals surface area contributed by atoms with Crippen molar-refractivity contribution >= 4 is 15.9 Å². The third-order valence-corrected chi connectivity index (χ3v) is 7.01. The van der Waals surface area contributed by atoms with Gasteiger partial charge < -0.3 is 5.73 Å². The molecule has 0 amide bonds. The van der Waals surface area contributed by atoms with Gasteiger partial charge in [-0.1, -0.05) is 0 Å². The summed E-state index contributed by atoms with van der Waals surface area (Å²) in [7, 11) is 2.03. The third-order valence-electron chi connectivity index (χ3n) is 5.98. The van der Waals surface area contributed by atoms with E-state index in [0.29, 0.717) is 6.04 Å². The maximum Gasteiger partial charge on any atom is 0.0738 e. The highest BCUT2D eigenvalue weighted by atomic mass is 79.9. The van der Waals surface area contributed by atoms with Crippen molar-refractivity contribution in [1.29, 1.82) is 0 Å². The van der Waals surface area contributed by atoms with Crippen LogP contribution in [-0.2, 0) is 13.5 Å². The summed E-state index contributed by atoms with van der Waals surface area (Å²) in [6.45, 7) is 2.05. The van der Waals surface area contributed by atoms with E-state index in [1.54, 1.807) is 0 Å². The summed E-state index contributed by atoms with van der Waals surface area (Å²) in [6, 6.07) is 0.324. The first kappa shape index (κ1) is 12.4. The standard InChI is InChI=1S/C15H22BrN3/c1-7-15(16)11(19(2)18-7)6-10(17)14-12-8-3-4-9(5-8)13(12)14/h8-10,12-14H,3-6,17H2,1-2H3.